The Bertz CT molecular complexity index is 1100. The summed E-state index contributed by atoms with van der Waals surface area (Å²) in [5.74, 6) is 0.0920. The van der Waals surface area contributed by atoms with Crippen LogP contribution >= 0.6 is 11.3 Å². The standard InChI is InChI=1S/C24H30FN5O2S/c1-32-23-5-4-19-24(29-23)16(17(25)13-28-19)6-9-30-10-7-18(21(31)14-30)27-12-15-11-20-22(33-15)3-2-8-26-20/h4-5,11,13,18,21,26-27,31H,2-3,6-10,12,14H2,1H3/t18-,21+/m0/s1. The average Bonchev–Trinajstić information content (AvgIpc) is 3.25. The molecule has 7 nitrogen and oxygen atoms in total. The SMILES string of the molecule is COc1ccc2ncc(F)c(CCN3CC[C@H](NCc4cc5c(s4)CCCN5)[C@H](O)C3)c2n1. The number of β-amino-alcohol motifs (C(OH)–C–C–N with tert-alkyl or cyclic N) is 1. The van der Waals surface area contributed by atoms with E-state index >= 15 is 0 Å². The number of ether oxygens (including phenoxy) is 1. The number of nitrogens with one attached hydrogen (secondary N) is 2. The van der Waals surface area contributed by atoms with Gasteiger partial charge < -0.3 is 25.4 Å². The second-order valence-electron chi connectivity index (χ2n) is 8.78. The number of piperidine rings is 1. The van der Waals surface area contributed by atoms with E-state index in [0.717, 1.165) is 32.5 Å². The number of nitrogens with zero attached hydrogens (tertiary/aromatic N) is 3. The van der Waals surface area contributed by atoms with Gasteiger partial charge in [-0.15, -0.1) is 11.3 Å². The van der Waals surface area contributed by atoms with Gasteiger partial charge in [0.15, 0.2) is 0 Å². The maximum Gasteiger partial charge on any atom is 0.213 e. The van der Waals surface area contributed by atoms with Crippen LogP contribution in [0.25, 0.3) is 11.0 Å². The molecule has 0 unspecified atom stereocenters. The van der Waals surface area contributed by atoms with Crippen LogP contribution in [0.3, 0.4) is 0 Å². The summed E-state index contributed by atoms with van der Waals surface area (Å²) < 4.78 is 19.8. The number of hydrogen-bond donors (Lipinski definition) is 3. The van der Waals surface area contributed by atoms with Crippen LogP contribution in [0.2, 0.25) is 0 Å². The van der Waals surface area contributed by atoms with Gasteiger partial charge >= 0.3 is 0 Å². The summed E-state index contributed by atoms with van der Waals surface area (Å²) in [6.45, 7) is 3.92. The molecule has 9 heteroatoms. The normalized spacial score (nSPS) is 21.1. The second kappa shape index (κ2) is 9.89. The van der Waals surface area contributed by atoms with Crippen LogP contribution in [0.1, 0.15) is 28.2 Å². The number of hydrogen-bond acceptors (Lipinski definition) is 8. The second-order valence-corrected chi connectivity index (χ2v) is 10.0. The molecule has 0 bridgehead atoms. The van der Waals surface area contributed by atoms with E-state index in [1.165, 1.54) is 28.1 Å². The van der Waals surface area contributed by atoms with Gasteiger partial charge in [0.05, 0.1) is 30.4 Å². The van der Waals surface area contributed by atoms with E-state index in [2.05, 4.69) is 31.6 Å². The molecule has 0 aromatic carbocycles. The van der Waals surface area contributed by atoms with Crippen molar-refractivity contribution in [3.8, 4) is 5.88 Å². The summed E-state index contributed by atoms with van der Waals surface area (Å²) >= 11 is 1.86. The number of rotatable bonds is 7. The average molecular weight is 472 g/mol. The van der Waals surface area contributed by atoms with E-state index < -0.39 is 6.10 Å². The first kappa shape index (κ1) is 22.5. The third-order valence-corrected chi connectivity index (χ3v) is 7.78. The van der Waals surface area contributed by atoms with Crippen molar-refractivity contribution in [2.45, 2.75) is 44.4 Å². The number of aliphatic hydroxyl groups excluding tert-OH is 1. The molecule has 3 aromatic rings. The van der Waals surface area contributed by atoms with Gasteiger partial charge in [0.25, 0.3) is 0 Å². The minimum atomic E-state index is -0.455. The van der Waals surface area contributed by atoms with E-state index in [9.17, 15) is 9.50 Å². The highest BCUT2D eigenvalue weighted by Gasteiger charge is 2.28. The minimum Gasteiger partial charge on any atom is -0.481 e. The Morgan fingerprint density at radius 1 is 1.39 bits per heavy atom. The monoisotopic (exact) mass is 471 g/mol. The Morgan fingerprint density at radius 2 is 2.30 bits per heavy atom. The number of aromatic nitrogens is 2. The highest BCUT2D eigenvalue weighted by atomic mass is 32.1. The number of anilines is 1. The molecule has 5 heterocycles. The van der Waals surface area contributed by atoms with Crippen LogP contribution in [0.4, 0.5) is 10.1 Å². The number of aliphatic hydroxyl groups is 1. The van der Waals surface area contributed by atoms with Crippen LogP contribution in [0.15, 0.2) is 24.4 Å². The molecule has 0 spiro atoms. The summed E-state index contributed by atoms with van der Waals surface area (Å²) in [5.41, 5.74) is 3.02. The summed E-state index contributed by atoms with van der Waals surface area (Å²) in [4.78, 5) is 13.5. The number of fused-ring (bicyclic) bond motifs is 2. The fraction of sp³-hybridized carbons (Fsp3) is 0.500. The lowest BCUT2D eigenvalue weighted by Gasteiger charge is -2.36. The van der Waals surface area contributed by atoms with Crippen molar-refractivity contribution in [3.05, 3.63) is 45.5 Å². The molecular weight excluding hydrogens is 441 g/mol. The van der Waals surface area contributed by atoms with Gasteiger partial charge in [0.1, 0.15) is 5.82 Å². The molecular formula is C24H30FN5O2S. The maximum absolute atomic E-state index is 14.6. The van der Waals surface area contributed by atoms with Crippen molar-refractivity contribution < 1.29 is 14.2 Å². The van der Waals surface area contributed by atoms with Crippen LogP contribution in [-0.4, -0.2) is 65.4 Å². The number of pyridine rings is 2. The number of thiophene rings is 1. The van der Waals surface area contributed by atoms with Crippen molar-refractivity contribution in [1.82, 2.24) is 20.2 Å². The Kier molecular flexibility index (Phi) is 6.73. The van der Waals surface area contributed by atoms with E-state index in [0.29, 0.717) is 42.0 Å². The van der Waals surface area contributed by atoms with E-state index in [1.54, 1.807) is 19.2 Å². The predicted molar refractivity (Wildman–Crippen MR) is 129 cm³/mol. The fourth-order valence-electron chi connectivity index (χ4n) is 4.75. The van der Waals surface area contributed by atoms with Gasteiger partial charge in [0.2, 0.25) is 5.88 Å². The molecule has 0 saturated carbocycles. The van der Waals surface area contributed by atoms with Crippen molar-refractivity contribution in [2.75, 3.05) is 38.6 Å². The summed E-state index contributed by atoms with van der Waals surface area (Å²) in [5, 5.41) is 17.8. The highest BCUT2D eigenvalue weighted by Crippen LogP contribution is 2.31. The van der Waals surface area contributed by atoms with Crippen LogP contribution in [0, 0.1) is 5.82 Å². The first-order valence-electron chi connectivity index (χ1n) is 11.6. The topological polar surface area (TPSA) is 82.5 Å². The number of aryl methyl sites for hydroxylation is 1. The smallest absolute Gasteiger partial charge is 0.213 e. The minimum absolute atomic E-state index is 0.0674. The van der Waals surface area contributed by atoms with Gasteiger partial charge in [0, 0.05) is 59.3 Å². The molecule has 33 heavy (non-hydrogen) atoms. The molecule has 0 aliphatic carbocycles. The summed E-state index contributed by atoms with van der Waals surface area (Å²) in [6.07, 6.45) is 4.52. The molecule has 0 amide bonds. The number of halogens is 1. The van der Waals surface area contributed by atoms with Crippen LogP contribution in [-0.2, 0) is 19.4 Å². The van der Waals surface area contributed by atoms with Crippen molar-refractivity contribution in [3.63, 3.8) is 0 Å². The molecule has 2 atom stereocenters. The van der Waals surface area contributed by atoms with E-state index in [-0.39, 0.29) is 11.9 Å². The number of likely N-dealkylation sites (tertiary alicyclic amines) is 1. The number of methoxy groups -OCH3 is 1. The molecule has 176 valence electrons. The Balaban J connectivity index is 1.16. The quantitative estimate of drug-likeness (QED) is 0.489. The third kappa shape index (κ3) is 4.96. The van der Waals surface area contributed by atoms with Gasteiger partial charge in [-0.25, -0.2) is 9.37 Å². The first-order chi connectivity index (χ1) is 16.1. The van der Waals surface area contributed by atoms with Gasteiger partial charge in [-0.05, 0) is 44.4 Å². The Morgan fingerprint density at radius 3 is 3.12 bits per heavy atom. The molecule has 2 aliphatic heterocycles. The van der Waals surface area contributed by atoms with Gasteiger partial charge in [-0.2, -0.15) is 0 Å². The largest absolute Gasteiger partial charge is 0.481 e. The highest BCUT2D eigenvalue weighted by molar-refractivity contribution is 7.12. The van der Waals surface area contributed by atoms with Crippen molar-refractivity contribution in [2.24, 2.45) is 0 Å². The molecule has 0 radical (unpaired) electrons. The van der Waals surface area contributed by atoms with Crippen LogP contribution in [0.5, 0.6) is 5.88 Å². The Hall–Kier alpha value is -2.33. The summed E-state index contributed by atoms with van der Waals surface area (Å²) in [7, 11) is 1.55. The van der Waals surface area contributed by atoms with E-state index in [4.69, 9.17) is 4.74 Å². The van der Waals surface area contributed by atoms with Crippen molar-refractivity contribution >= 4 is 28.1 Å². The van der Waals surface area contributed by atoms with Gasteiger partial charge in [-0.3, -0.25) is 4.98 Å². The first-order valence-corrected chi connectivity index (χ1v) is 12.4. The predicted octanol–water partition coefficient (Wildman–Crippen LogP) is 2.96. The van der Waals surface area contributed by atoms with Crippen molar-refractivity contribution in [1.29, 1.82) is 0 Å². The zero-order valence-corrected chi connectivity index (χ0v) is 19.6. The van der Waals surface area contributed by atoms with Crippen LogP contribution < -0.4 is 15.4 Å². The Labute approximate surface area is 197 Å². The zero-order valence-electron chi connectivity index (χ0n) is 18.8. The summed E-state index contributed by atoms with van der Waals surface area (Å²) in [6, 6.07) is 5.83. The van der Waals surface area contributed by atoms with Gasteiger partial charge in [-0.1, -0.05) is 0 Å². The molecule has 5 rings (SSSR count). The maximum atomic E-state index is 14.6. The fourth-order valence-corrected chi connectivity index (χ4v) is 5.88. The third-order valence-electron chi connectivity index (χ3n) is 6.59. The molecule has 1 fully saturated rings. The molecule has 3 aromatic heterocycles. The molecule has 2 aliphatic rings. The lowest BCUT2D eigenvalue weighted by Crippen LogP contribution is -2.52. The lowest BCUT2D eigenvalue weighted by molar-refractivity contribution is 0.0405. The van der Waals surface area contributed by atoms with E-state index in [1.807, 2.05) is 11.3 Å². The molecule has 1 saturated heterocycles. The molecule has 3 N–H and O–H groups in total. The lowest BCUT2D eigenvalue weighted by atomic mass is 10.0. The zero-order chi connectivity index (χ0) is 22.8.